The van der Waals surface area contributed by atoms with E-state index in [9.17, 15) is 4.79 Å². The van der Waals surface area contributed by atoms with Gasteiger partial charge in [-0.15, -0.1) is 0 Å². The zero-order valence-electron chi connectivity index (χ0n) is 17.8. The monoisotopic (exact) mass is 403 g/mol. The van der Waals surface area contributed by atoms with Gasteiger partial charge in [0.25, 0.3) is 5.91 Å². The number of nitrogens with one attached hydrogen (secondary N) is 1. The Balaban J connectivity index is 1.55. The Hall–Kier alpha value is -3.18. The van der Waals surface area contributed by atoms with Crippen molar-refractivity contribution >= 4 is 5.91 Å². The average Bonchev–Trinajstić information content (AvgIpc) is 2.78. The van der Waals surface area contributed by atoms with Gasteiger partial charge in [-0.2, -0.15) is 0 Å². The van der Waals surface area contributed by atoms with Crippen molar-refractivity contribution in [1.82, 2.24) is 15.2 Å². The molecule has 1 aromatic heterocycles. The number of benzene rings is 2. The van der Waals surface area contributed by atoms with E-state index in [2.05, 4.69) is 48.2 Å². The van der Waals surface area contributed by atoms with E-state index in [1.54, 1.807) is 24.5 Å². The van der Waals surface area contributed by atoms with Crippen molar-refractivity contribution < 1.29 is 9.53 Å². The van der Waals surface area contributed by atoms with Crippen molar-refractivity contribution in [2.75, 3.05) is 7.05 Å². The molecule has 0 unspecified atom stereocenters. The molecule has 1 N–H and O–H groups in total. The summed E-state index contributed by atoms with van der Waals surface area (Å²) in [6.45, 7) is 6.15. The van der Waals surface area contributed by atoms with Gasteiger partial charge in [-0.05, 0) is 62.4 Å². The Morgan fingerprint density at radius 1 is 1.03 bits per heavy atom. The van der Waals surface area contributed by atoms with E-state index >= 15 is 0 Å². The van der Waals surface area contributed by atoms with Gasteiger partial charge in [-0.25, -0.2) is 0 Å². The van der Waals surface area contributed by atoms with Gasteiger partial charge < -0.3 is 10.1 Å². The first-order chi connectivity index (χ1) is 14.5. The SMILES string of the molecule is CC(C)N(C)Cc1ccccc1CNC(=O)c1ccc(OCc2cccnc2)cc1. The number of aromatic nitrogens is 1. The molecule has 5 nitrogen and oxygen atoms in total. The van der Waals surface area contributed by atoms with E-state index in [0.717, 1.165) is 23.4 Å². The summed E-state index contributed by atoms with van der Waals surface area (Å²) in [6, 6.07) is 19.7. The summed E-state index contributed by atoms with van der Waals surface area (Å²) in [5, 5.41) is 3.03. The maximum absolute atomic E-state index is 12.6. The predicted molar refractivity (Wildman–Crippen MR) is 119 cm³/mol. The van der Waals surface area contributed by atoms with Gasteiger partial charge in [0.1, 0.15) is 12.4 Å². The number of nitrogens with zero attached hydrogens (tertiary/aromatic N) is 2. The van der Waals surface area contributed by atoms with Crippen LogP contribution in [0.2, 0.25) is 0 Å². The van der Waals surface area contributed by atoms with E-state index in [4.69, 9.17) is 4.74 Å². The fourth-order valence-electron chi connectivity index (χ4n) is 2.97. The van der Waals surface area contributed by atoms with Crippen molar-refractivity contribution in [3.05, 3.63) is 95.3 Å². The van der Waals surface area contributed by atoms with Gasteiger partial charge in [-0.1, -0.05) is 30.3 Å². The molecule has 0 aliphatic heterocycles. The minimum absolute atomic E-state index is 0.0965. The fraction of sp³-hybridized carbons (Fsp3) is 0.280. The molecule has 156 valence electrons. The Morgan fingerprint density at radius 3 is 2.43 bits per heavy atom. The normalized spacial score (nSPS) is 11.0. The summed E-state index contributed by atoms with van der Waals surface area (Å²) < 4.78 is 5.75. The van der Waals surface area contributed by atoms with E-state index in [1.807, 2.05) is 36.4 Å². The maximum atomic E-state index is 12.6. The van der Waals surface area contributed by atoms with Crippen LogP contribution in [0.3, 0.4) is 0 Å². The van der Waals surface area contributed by atoms with Gasteiger partial charge in [0.05, 0.1) is 0 Å². The van der Waals surface area contributed by atoms with Crippen LogP contribution in [0.15, 0.2) is 73.1 Å². The Kier molecular flexibility index (Phi) is 7.57. The average molecular weight is 404 g/mol. The van der Waals surface area contributed by atoms with Gasteiger partial charge in [-0.3, -0.25) is 14.7 Å². The molecule has 0 aliphatic rings. The first-order valence-corrected chi connectivity index (χ1v) is 10.2. The second kappa shape index (κ2) is 10.6. The second-order valence-electron chi connectivity index (χ2n) is 7.63. The molecule has 0 aliphatic carbocycles. The van der Waals surface area contributed by atoms with E-state index < -0.39 is 0 Å². The lowest BCUT2D eigenvalue weighted by atomic mass is 10.1. The summed E-state index contributed by atoms with van der Waals surface area (Å²) in [6.07, 6.45) is 3.51. The molecule has 30 heavy (non-hydrogen) atoms. The summed E-state index contributed by atoms with van der Waals surface area (Å²) in [5.41, 5.74) is 3.98. The molecule has 0 saturated carbocycles. The van der Waals surface area contributed by atoms with Gasteiger partial charge >= 0.3 is 0 Å². The van der Waals surface area contributed by atoms with Crippen LogP contribution in [-0.4, -0.2) is 28.9 Å². The van der Waals surface area contributed by atoms with Crippen LogP contribution in [0.5, 0.6) is 5.75 Å². The fourth-order valence-corrected chi connectivity index (χ4v) is 2.97. The highest BCUT2D eigenvalue weighted by Gasteiger charge is 2.10. The van der Waals surface area contributed by atoms with E-state index in [-0.39, 0.29) is 5.91 Å². The molecule has 5 heteroatoms. The molecule has 3 rings (SSSR count). The van der Waals surface area contributed by atoms with Gasteiger partial charge in [0, 0.05) is 42.7 Å². The highest BCUT2D eigenvalue weighted by molar-refractivity contribution is 5.94. The summed E-state index contributed by atoms with van der Waals surface area (Å²) in [7, 11) is 2.11. The number of pyridine rings is 1. The third-order valence-electron chi connectivity index (χ3n) is 5.10. The number of amides is 1. The first-order valence-electron chi connectivity index (χ1n) is 10.2. The molecular formula is C25H29N3O2. The molecule has 3 aromatic rings. The van der Waals surface area contributed by atoms with Crippen molar-refractivity contribution in [3.8, 4) is 5.75 Å². The van der Waals surface area contributed by atoms with Crippen molar-refractivity contribution in [2.24, 2.45) is 0 Å². The van der Waals surface area contributed by atoms with Crippen LogP contribution in [0.1, 0.15) is 40.9 Å². The van der Waals surface area contributed by atoms with E-state index in [0.29, 0.717) is 24.8 Å². The predicted octanol–water partition coefficient (Wildman–Crippen LogP) is 4.43. The third-order valence-corrected chi connectivity index (χ3v) is 5.10. The molecule has 0 saturated heterocycles. The van der Waals surface area contributed by atoms with Crippen molar-refractivity contribution in [3.63, 3.8) is 0 Å². The molecule has 0 bridgehead atoms. The van der Waals surface area contributed by atoms with Crippen LogP contribution >= 0.6 is 0 Å². The summed E-state index contributed by atoms with van der Waals surface area (Å²) in [4.78, 5) is 18.9. The van der Waals surface area contributed by atoms with Gasteiger partial charge in [0.15, 0.2) is 0 Å². The first kappa shape index (κ1) is 21.5. The largest absolute Gasteiger partial charge is 0.489 e. The lowest BCUT2D eigenvalue weighted by molar-refractivity contribution is 0.0950. The highest BCUT2D eigenvalue weighted by atomic mass is 16.5. The Morgan fingerprint density at radius 2 is 1.77 bits per heavy atom. The van der Waals surface area contributed by atoms with Crippen molar-refractivity contribution in [2.45, 2.75) is 39.6 Å². The number of ether oxygens (including phenoxy) is 1. The zero-order chi connectivity index (χ0) is 21.3. The van der Waals surface area contributed by atoms with Crippen LogP contribution in [0.25, 0.3) is 0 Å². The molecule has 1 amide bonds. The number of hydrogen-bond donors (Lipinski definition) is 1. The standard InChI is InChI=1S/C25H29N3O2/c1-19(2)28(3)17-23-9-5-4-8-22(23)16-27-25(29)21-10-12-24(13-11-21)30-18-20-7-6-14-26-15-20/h4-15,19H,16-18H2,1-3H3,(H,27,29). The lowest BCUT2D eigenvalue weighted by Crippen LogP contribution is -2.27. The third kappa shape index (κ3) is 6.16. The minimum atomic E-state index is -0.0965. The van der Waals surface area contributed by atoms with Crippen LogP contribution < -0.4 is 10.1 Å². The van der Waals surface area contributed by atoms with E-state index in [1.165, 1.54) is 5.56 Å². The number of carbonyl (C=O) groups is 1. The number of carbonyl (C=O) groups excluding carboxylic acids is 1. The Labute approximate surface area is 178 Å². The minimum Gasteiger partial charge on any atom is -0.489 e. The second-order valence-corrected chi connectivity index (χ2v) is 7.63. The van der Waals surface area contributed by atoms with Crippen LogP contribution in [0, 0.1) is 0 Å². The molecule has 0 radical (unpaired) electrons. The zero-order valence-corrected chi connectivity index (χ0v) is 17.8. The smallest absolute Gasteiger partial charge is 0.251 e. The molecule has 1 heterocycles. The summed E-state index contributed by atoms with van der Waals surface area (Å²) in [5.74, 6) is 0.623. The van der Waals surface area contributed by atoms with Crippen molar-refractivity contribution in [1.29, 1.82) is 0 Å². The molecule has 2 aromatic carbocycles. The Bertz CT molecular complexity index is 940. The quantitative estimate of drug-likeness (QED) is 0.574. The molecular weight excluding hydrogens is 374 g/mol. The summed E-state index contributed by atoms with van der Waals surface area (Å²) >= 11 is 0. The topological polar surface area (TPSA) is 54.5 Å². The molecule has 0 fully saturated rings. The number of rotatable bonds is 9. The maximum Gasteiger partial charge on any atom is 0.251 e. The van der Waals surface area contributed by atoms with Crippen LogP contribution in [-0.2, 0) is 19.7 Å². The number of hydrogen-bond acceptors (Lipinski definition) is 4. The van der Waals surface area contributed by atoms with Gasteiger partial charge in [0.2, 0.25) is 0 Å². The highest BCUT2D eigenvalue weighted by Crippen LogP contribution is 2.15. The van der Waals surface area contributed by atoms with Crippen LogP contribution in [0.4, 0.5) is 0 Å². The molecule has 0 atom stereocenters. The molecule has 0 spiro atoms. The lowest BCUT2D eigenvalue weighted by Gasteiger charge is -2.22.